The van der Waals surface area contributed by atoms with Crippen molar-refractivity contribution in [1.82, 2.24) is 0 Å². The zero-order valence-corrected chi connectivity index (χ0v) is 16.2. The minimum absolute atomic E-state index is 0.00191. The molecule has 0 fully saturated rings. The van der Waals surface area contributed by atoms with Gasteiger partial charge in [-0.15, -0.1) is 0 Å². The summed E-state index contributed by atoms with van der Waals surface area (Å²) in [5, 5.41) is 3.57. The predicted molar refractivity (Wildman–Crippen MR) is 107 cm³/mol. The van der Waals surface area contributed by atoms with Crippen LogP contribution in [0.5, 0.6) is 5.75 Å². The quantitative estimate of drug-likeness (QED) is 0.459. The molecule has 0 radical (unpaired) electrons. The van der Waals surface area contributed by atoms with E-state index in [1.165, 1.54) is 24.3 Å². The summed E-state index contributed by atoms with van der Waals surface area (Å²) in [5.41, 5.74) is 6.51. The number of anilines is 1. The number of esters is 1. The average molecular weight is 400 g/mol. The van der Waals surface area contributed by atoms with E-state index >= 15 is 0 Å². The topological polar surface area (TPSA) is 104 Å². The fraction of sp³-hybridized carbons (Fsp3) is 0.238. The largest absolute Gasteiger partial charge is 0.489 e. The molecule has 0 saturated carbocycles. The number of rotatable bonds is 6. The number of carbonyl (C=O) groups excluding carboxylic acids is 2. The van der Waals surface area contributed by atoms with Crippen molar-refractivity contribution in [3.63, 3.8) is 0 Å². The number of ether oxygens (including phenoxy) is 2. The van der Waals surface area contributed by atoms with Crippen molar-refractivity contribution in [2.24, 2.45) is 5.73 Å². The van der Waals surface area contributed by atoms with E-state index in [4.69, 9.17) is 14.9 Å². The molecule has 1 aromatic heterocycles. The number of nitrogens with one attached hydrogen (secondary N) is 1. The lowest BCUT2D eigenvalue weighted by atomic mass is 10.0. The van der Waals surface area contributed by atoms with E-state index in [9.17, 15) is 14.0 Å². The molecule has 0 aliphatic heterocycles. The lowest BCUT2D eigenvalue weighted by Gasteiger charge is -2.15. The van der Waals surface area contributed by atoms with Crippen molar-refractivity contribution in [2.75, 3.05) is 11.9 Å². The third kappa shape index (κ3) is 4.31. The molecule has 7 nitrogen and oxygen atoms in total. The van der Waals surface area contributed by atoms with Gasteiger partial charge in [0.2, 0.25) is 0 Å². The van der Waals surface area contributed by atoms with Crippen LogP contribution < -0.4 is 15.8 Å². The number of fused-ring (bicyclic) bond motifs is 1. The van der Waals surface area contributed by atoms with Crippen LogP contribution in [0.4, 0.5) is 14.9 Å². The first-order chi connectivity index (χ1) is 13.8. The zero-order chi connectivity index (χ0) is 21.1. The molecule has 0 saturated heterocycles. The molecule has 8 heteroatoms. The number of amides is 1. The maximum atomic E-state index is 13.3. The Balaban J connectivity index is 2.27. The second kappa shape index (κ2) is 8.22. The number of hydrogen-bond donors (Lipinski definition) is 2. The van der Waals surface area contributed by atoms with Crippen LogP contribution in [0.3, 0.4) is 0 Å². The van der Waals surface area contributed by atoms with Crippen LogP contribution in [0.25, 0.3) is 22.3 Å². The predicted octanol–water partition coefficient (Wildman–Crippen LogP) is 4.69. The van der Waals surface area contributed by atoms with Gasteiger partial charge in [0.15, 0.2) is 0 Å². The maximum absolute atomic E-state index is 13.3. The zero-order valence-electron chi connectivity index (χ0n) is 16.2. The molecule has 3 aromatic rings. The first-order valence-electron chi connectivity index (χ1n) is 9.08. The SMILES string of the molecule is CCNc1cc2oc(-c3ccc(F)cc3)c(C(=O)OC(N)=O)c2cc1OC(C)C. The van der Waals surface area contributed by atoms with Gasteiger partial charge in [0.1, 0.15) is 28.5 Å². The maximum Gasteiger partial charge on any atom is 0.412 e. The first-order valence-corrected chi connectivity index (χ1v) is 9.08. The Bertz CT molecular complexity index is 1060. The molecule has 2 aromatic carbocycles. The number of benzene rings is 2. The molecule has 0 bridgehead atoms. The highest BCUT2D eigenvalue weighted by Crippen LogP contribution is 2.39. The normalized spacial score (nSPS) is 10.9. The molecule has 0 unspecified atom stereocenters. The van der Waals surface area contributed by atoms with Gasteiger partial charge in [-0.1, -0.05) is 0 Å². The van der Waals surface area contributed by atoms with Crippen LogP contribution in [-0.2, 0) is 4.74 Å². The Labute approximate surface area is 166 Å². The van der Waals surface area contributed by atoms with Crippen LogP contribution in [0.15, 0.2) is 40.8 Å². The number of hydrogen-bond acceptors (Lipinski definition) is 6. The minimum Gasteiger partial charge on any atom is -0.489 e. The Kier molecular flexibility index (Phi) is 5.72. The Hall–Kier alpha value is -3.55. The third-order valence-corrected chi connectivity index (χ3v) is 4.02. The van der Waals surface area contributed by atoms with Gasteiger partial charge in [0, 0.05) is 23.6 Å². The van der Waals surface area contributed by atoms with E-state index < -0.39 is 17.9 Å². The highest BCUT2D eigenvalue weighted by atomic mass is 19.1. The molecule has 0 aliphatic carbocycles. The number of halogens is 1. The molecular weight excluding hydrogens is 379 g/mol. The summed E-state index contributed by atoms with van der Waals surface area (Å²) in [5.74, 6) is -0.764. The molecule has 0 aliphatic rings. The van der Waals surface area contributed by atoms with Crippen molar-refractivity contribution >= 4 is 28.7 Å². The van der Waals surface area contributed by atoms with Gasteiger partial charge < -0.3 is 24.9 Å². The van der Waals surface area contributed by atoms with Crippen molar-refractivity contribution in [1.29, 1.82) is 0 Å². The second-order valence-electron chi connectivity index (χ2n) is 6.56. The Morgan fingerprint density at radius 1 is 1.21 bits per heavy atom. The summed E-state index contributed by atoms with van der Waals surface area (Å²) in [7, 11) is 0. The fourth-order valence-electron chi connectivity index (χ4n) is 2.95. The van der Waals surface area contributed by atoms with Gasteiger partial charge in [-0.3, -0.25) is 0 Å². The third-order valence-electron chi connectivity index (χ3n) is 4.02. The van der Waals surface area contributed by atoms with Crippen molar-refractivity contribution in [3.05, 3.63) is 47.8 Å². The molecule has 0 spiro atoms. The Morgan fingerprint density at radius 2 is 1.90 bits per heavy atom. The smallest absolute Gasteiger partial charge is 0.412 e. The summed E-state index contributed by atoms with van der Waals surface area (Å²) < 4.78 is 29.7. The molecule has 0 atom stereocenters. The summed E-state index contributed by atoms with van der Waals surface area (Å²) >= 11 is 0. The molecule has 29 heavy (non-hydrogen) atoms. The molecular formula is C21H21FN2O5. The van der Waals surface area contributed by atoms with Gasteiger partial charge in [-0.25, -0.2) is 14.0 Å². The lowest BCUT2D eigenvalue weighted by molar-refractivity contribution is 0.0640. The number of furan rings is 1. The standard InChI is InChI=1S/C21H21FN2O5/c1-4-24-15-10-16-14(9-17(15)27-11(2)3)18(20(25)29-21(23)26)19(28-16)12-5-7-13(22)8-6-12/h5-11,24H,4H2,1-3H3,(H2,23,26). The van der Waals surface area contributed by atoms with Crippen molar-refractivity contribution in [3.8, 4) is 17.1 Å². The average Bonchev–Trinajstić information content (AvgIpc) is 3.00. The summed E-state index contributed by atoms with van der Waals surface area (Å²) in [6, 6.07) is 8.74. The molecule has 3 rings (SSSR count). The Morgan fingerprint density at radius 3 is 2.48 bits per heavy atom. The monoisotopic (exact) mass is 400 g/mol. The van der Waals surface area contributed by atoms with Crippen molar-refractivity contribution in [2.45, 2.75) is 26.9 Å². The van der Waals surface area contributed by atoms with Crippen LogP contribution >= 0.6 is 0 Å². The van der Waals surface area contributed by atoms with Crippen LogP contribution in [0.1, 0.15) is 31.1 Å². The van der Waals surface area contributed by atoms with E-state index in [1.807, 2.05) is 20.8 Å². The van der Waals surface area contributed by atoms with Gasteiger partial charge in [-0.2, -0.15) is 0 Å². The second-order valence-corrected chi connectivity index (χ2v) is 6.56. The molecule has 1 heterocycles. The fourth-order valence-corrected chi connectivity index (χ4v) is 2.95. The number of nitrogens with two attached hydrogens (primary N) is 1. The number of carbonyl (C=O) groups is 2. The first kappa shape index (κ1) is 20.2. The van der Waals surface area contributed by atoms with Crippen LogP contribution in [-0.4, -0.2) is 24.7 Å². The van der Waals surface area contributed by atoms with Crippen LogP contribution in [0, 0.1) is 5.82 Å². The summed E-state index contributed by atoms with van der Waals surface area (Å²) in [6.45, 7) is 6.33. The van der Waals surface area contributed by atoms with Gasteiger partial charge >= 0.3 is 12.1 Å². The highest BCUT2D eigenvalue weighted by molar-refractivity contribution is 6.12. The highest BCUT2D eigenvalue weighted by Gasteiger charge is 2.26. The number of primary amides is 1. The summed E-state index contributed by atoms with van der Waals surface area (Å²) in [6.07, 6.45) is -1.35. The van der Waals surface area contributed by atoms with E-state index in [0.717, 1.165) is 0 Å². The molecule has 1 amide bonds. The summed E-state index contributed by atoms with van der Waals surface area (Å²) in [4.78, 5) is 23.8. The van der Waals surface area contributed by atoms with E-state index in [1.54, 1.807) is 12.1 Å². The van der Waals surface area contributed by atoms with Gasteiger partial charge in [-0.05, 0) is 51.1 Å². The van der Waals surface area contributed by atoms with Crippen LogP contribution in [0.2, 0.25) is 0 Å². The van der Waals surface area contributed by atoms with E-state index in [2.05, 4.69) is 10.1 Å². The van der Waals surface area contributed by atoms with Gasteiger partial charge in [0.05, 0.1) is 11.8 Å². The van der Waals surface area contributed by atoms with E-state index in [-0.39, 0.29) is 17.4 Å². The lowest BCUT2D eigenvalue weighted by Crippen LogP contribution is -2.18. The molecule has 3 N–H and O–H groups in total. The minimum atomic E-state index is -1.24. The van der Waals surface area contributed by atoms with Gasteiger partial charge in [0.25, 0.3) is 0 Å². The van der Waals surface area contributed by atoms with E-state index in [0.29, 0.717) is 34.5 Å². The van der Waals surface area contributed by atoms with Crippen molar-refractivity contribution < 1.29 is 27.9 Å². The molecule has 152 valence electrons.